The van der Waals surface area contributed by atoms with Crippen molar-refractivity contribution in [1.82, 2.24) is 15.3 Å². The van der Waals surface area contributed by atoms with Crippen molar-refractivity contribution in [2.75, 3.05) is 32.2 Å². The molecule has 1 atom stereocenters. The molecule has 1 amide bonds. The van der Waals surface area contributed by atoms with Gasteiger partial charge < -0.3 is 19.7 Å². The van der Waals surface area contributed by atoms with E-state index in [1.54, 1.807) is 11.9 Å². The van der Waals surface area contributed by atoms with E-state index in [1.807, 2.05) is 0 Å². The Hall–Kier alpha value is -3.15. The third kappa shape index (κ3) is 6.42. The van der Waals surface area contributed by atoms with E-state index >= 15 is 0 Å². The van der Waals surface area contributed by atoms with Gasteiger partial charge in [0.2, 0.25) is 5.95 Å². The normalized spacial score (nSPS) is 14.7. The fourth-order valence-corrected chi connectivity index (χ4v) is 3.08. The van der Waals surface area contributed by atoms with E-state index in [0.29, 0.717) is 12.5 Å². The Morgan fingerprint density at radius 3 is 2.66 bits per heavy atom. The first-order valence-electron chi connectivity index (χ1n) is 9.73. The Labute approximate surface area is 180 Å². The number of H-pyrrole nitrogens is 1. The van der Waals surface area contributed by atoms with E-state index in [4.69, 9.17) is 4.74 Å². The summed E-state index contributed by atoms with van der Waals surface area (Å²) in [5.41, 5.74) is -0.543. The summed E-state index contributed by atoms with van der Waals surface area (Å²) < 4.78 is 59.8. The molecule has 0 saturated heterocycles. The van der Waals surface area contributed by atoms with Crippen LogP contribution in [0.2, 0.25) is 0 Å². The molecule has 12 heteroatoms. The van der Waals surface area contributed by atoms with Crippen LogP contribution in [-0.4, -0.2) is 49.5 Å². The number of carbonyl (C=O) groups is 1. The average Bonchev–Trinajstić information content (AvgIpc) is 3.51. The number of benzene rings is 1. The molecule has 2 aromatic rings. The van der Waals surface area contributed by atoms with Crippen molar-refractivity contribution in [3.63, 3.8) is 0 Å². The number of aromatic nitrogens is 2. The van der Waals surface area contributed by atoms with Crippen LogP contribution in [0, 0.1) is 11.7 Å². The lowest BCUT2D eigenvalue weighted by atomic mass is 10.1. The topological polar surface area (TPSA) is 96.5 Å². The zero-order chi connectivity index (χ0) is 23.5. The molecular weight excluding hydrogens is 436 g/mol. The van der Waals surface area contributed by atoms with Gasteiger partial charge in [0, 0.05) is 26.8 Å². The molecule has 1 aromatic heterocycles. The smallest absolute Gasteiger partial charge is 0.403 e. The second kappa shape index (κ2) is 9.55. The Morgan fingerprint density at radius 2 is 2.06 bits per heavy atom. The molecule has 8 nitrogen and oxygen atoms in total. The molecule has 32 heavy (non-hydrogen) atoms. The number of aromatic amines is 1. The summed E-state index contributed by atoms with van der Waals surface area (Å²) in [6.45, 7) is 0.578. The molecular formula is C20H22F4N4O4. The zero-order valence-corrected chi connectivity index (χ0v) is 17.3. The standard InChI is InChI=1S/C20H22F4N4O4/c1-28(9-11-3-4-11)19-26-14(8-17(29)27-19)18(30)25-15(10-31-2)12-5-6-16(13(21)7-12)32-20(22,23)24/h5-8,11,15H,3-4,9-10H2,1-2H3,(H,25,30)(H,26,27,29)/t15-/m1/s1. The summed E-state index contributed by atoms with van der Waals surface area (Å²) in [6, 6.07) is 2.90. The molecule has 174 valence electrons. The third-order valence-electron chi connectivity index (χ3n) is 4.78. The SMILES string of the molecule is COC[C@@H](NC(=O)c1cc(=O)[nH]c(N(C)CC2CC2)n1)c1ccc(OC(F)(F)F)c(F)c1. The number of halogens is 4. The fourth-order valence-electron chi connectivity index (χ4n) is 3.08. The molecule has 1 fully saturated rings. The fraction of sp³-hybridized carbons (Fsp3) is 0.450. The van der Waals surface area contributed by atoms with E-state index in [1.165, 1.54) is 13.2 Å². The monoisotopic (exact) mass is 458 g/mol. The quantitative estimate of drug-likeness (QED) is 0.561. The number of ether oxygens (including phenoxy) is 2. The van der Waals surface area contributed by atoms with Gasteiger partial charge in [0.25, 0.3) is 11.5 Å². The predicted octanol–water partition coefficient (Wildman–Crippen LogP) is 2.77. The van der Waals surface area contributed by atoms with Gasteiger partial charge in [-0.2, -0.15) is 0 Å². The molecule has 1 aromatic carbocycles. The molecule has 2 N–H and O–H groups in total. The largest absolute Gasteiger partial charge is 0.573 e. The van der Waals surface area contributed by atoms with Crippen molar-refractivity contribution in [2.24, 2.45) is 5.92 Å². The maximum absolute atomic E-state index is 14.1. The Bertz CT molecular complexity index is 1020. The average molecular weight is 458 g/mol. The molecule has 1 aliphatic rings. The van der Waals surface area contributed by atoms with Crippen LogP contribution in [0.3, 0.4) is 0 Å². The van der Waals surface area contributed by atoms with Crippen LogP contribution in [0.5, 0.6) is 5.75 Å². The lowest BCUT2D eigenvalue weighted by Gasteiger charge is -2.20. The number of alkyl halides is 3. The highest BCUT2D eigenvalue weighted by atomic mass is 19.4. The highest BCUT2D eigenvalue weighted by molar-refractivity contribution is 5.92. The van der Waals surface area contributed by atoms with Crippen molar-refractivity contribution in [2.45, 2.75) is 25.2 Å². The minimum absolute atomic E-state index is 0.109. The first kappa shape index (κ1) is 23.5. The number of nitrogens with one attached hydrogen (secondary N) is 2. The van der Waals surface area contributed by atoms with Gasteiger partial charge in [-0.1, -0.05) is 6.07 Å². The number of nitrogens with zero attached hydrogens (tertiary/aromatic N) is 2. The van der Waals surface area contributed by atoms with Crippen LogP contribution < -0.4 is 20.5 Å². The van der Waals surface area contributed by atoms with Crippen LogP contribution in [0.15, 0.2) is 29.1 Å². The molecule has 0 bridgehead atoms. The van der Waals surface area contributed by atoms with E-state index in [-0.39, 0.29) is 23.8 Å². The second-order valence-corrected chi connectivity index (χ2v) is 7.50. The van der Waals surface area contributed by atoms with E-state index in [9.17, 15) is 27.2 Å². The maximum Gasteiger partial charge on any atom is 0.573 e. The second-order valence-electron chi connectivity index (χ2n) is 7.50. The summed E-state index contributed by atoms with van der Waals surface area (Å²) in [6.07, 6.45) is -2.85. The first-order chi connectivity index (χ1) is 15.1. The van der Waals surface area contributed by atoms with Gasteiger partial charge in [0.15, 0.2) is 11.6 Å². The summed E-state index contributed by atoms with van der Waals surface area (Å²) >= 11 is 0. The first-order valence-corrected chi connectivity index (χ1v) is 9.73. The number of rotatable bonds is 9. The van der Waals surface area contributed by atoms with E-state index in [0.717, 1.165) is 31.0 Å². The number of amides is 1. The highest BCUT2D eigenvalue weighted by Crippen LogP contribution is 2.30. The number of hydrogen-bond acceptors (Lipinski definition) is 6. The molecule has 1 saturated carbocycles. The molecule has 1 aliphatic carbocycles. The van der Waals surface area contributed by atoms with E-state index in [2.05, 4.69) is 20.0 Å². The Balaban J connectivity index is 1.78. The molecule has 0 spiro atoms. The zero-order valence-electron chi connectivity index (χ0n) is 17.3. The minimum atomic E-state index is -5.04. The number of carbonyl (C=O) groups excluding carboxylic acids is 1. The van der Waals surface area contributed by atoms with Gasteiger partial charge in [-0.05, 0) is 36.5 Å². The summed E-state index contributed by atoms with van der Waals surface area (Å²) in [4.78, 5) is 33.3. The van der Waals surface area contributed by atoms with Gasteiger partial charge in [0.05, 0.1) is 12.6 Å². The molecule has 0 radical (unpaired) electrons. The number of anilines is 1. The van der Waals surface area contributed by atoms with E-state index < -0.39 is 35.4 Å². The highest BCUT2D eigenvalue weighted by Gasteiger charge is 2.32. The molecule has 3 rings (SSSR count). The van der Waals surface area contributed by atoms with Gasteiger partial charge in [0.1, 0.15) is 5.69 Å². The number of methoxy groups -OCH3 is 1. The number of hydrogen-bond donors (Lipinski definition) is 2. The minimum Gasteiger partial charge on any atom is -0.403 e. The lowest BCUT2D eigenvalue weighted by Crippen LogP contribution is -2.34. The van der Waals surface area contributed by atoms with Gasteiger partial charge in [-0.3, -0.25) is 14.6 Å². The molecule has 1 heterocycles. The van der Waals surface area contributed by atoms with Crippen LogP contribution in [0.25, 0.3) is 0 Å². The summed E-state index contributed by atoms with van der Waals surface area (Å²) in [5.74, 6) is -2.22. The maximum atomic E-state index is 14.1. The third-order valence-corrected chi connectivity index (χ3v) is 4.78. The van der Waals surface area contributed by atoms with Crippen molar-refractivity contribution in [3.05, 3.63) is 51.7 Å². The van der Waals surface area contributed by atoms with Crippen LogP contribution in [-0.2, 0) is 4.74 Å². The van der Waals surface area contributed by atoms with Crippen molar-refractivity contribution in [3.8, 4) is 5.75 Å². The predicted molar refractivity (Wildman–Crippen MR) is 106 cm³/mol. The van der Waals surface area contributed by atoms with Gasteiger partial charge in [-0.25, -0.2) is 9.37 Å². The summed E-state index contributed by atoms with van der Waals surface area (Å²) in [7, 11) is 3.09. The van der Waals surface area contributed by atoms with Gasteiger partial charge >= 0.3 is 6.36 Å². The van der Waals surface area contributed by atoms with Crippen LogP contribution >= 0.6 is 0 Å². The molecule has 0 unspecified atom stereocenters. The Morgan fingerprint density at radius 1 is 1.34 bits per heavy atom. The van der Waals surface area contributed by atoms with Gasteiger partial charge in [-0.15, -0.1) is 13.2 Å². The summed E-state index contributed by atoms with van der Waals surface area (Å²) in [5, 5.41) is 2.56. The van der Waals surface area contributed by atoms with Crippen molar-refractivity contribution < 1.29 is 31.8 Å². The van der Waals surface area contributed by atoms with Crippen LogP contribution in [0.1, 0.15) is 34.9 Å². The van der Waals surface area contributed by atoms with Crippen LogP contribution in [0.4, 0.5) is 23.5 Å². The lowest BCUT2D eigenvalue weighted by molar-refractivity contribution is -0.275. The van der Waals surface area contributed by atoms with Crippen molar-refractivity contribution in [1.29, 1.82) is 0 Å². The Kier molecular flexibility index (Phi) is 7.02. The molecule has 0 aliphatic heterocycles. The van der Waals surface area contributed by atoms with Crippen molar-refractivity contribution >= 4 is 11.9 Å².